The zero-order valence-corrected chi connectivity index (χ0v) is 17.4. The van der Waals surface area contributed by atoms with E-state index in [9.17, 15) is 35.7 Å². The molecule has 0 bridgehead atoms. The number of rotatable bonds is 7. The summed E-state index contributed by atoms with van der Waals surface area (Å²) in [6.45, 7) is -1.52. The van der Waals surface area contributed by atoms with Crippen LogP contribution in [0, 0.1) is 0 Å². The second-order valence-electron chi connectivity index (χ2n) is 8.30. The molecule has 0 spiro atoms. The maximum Gasteiger partial charge on any atom is 0.176 e. The van der Waals surface area contributed by atoms with Crippen molar-refractivity contribution in [2.75, 3.05) is 19.8 Å². The van der Waals surface area contributed by atoms with Gasteiger partial charge in [-0.05, 0) is 0 Å². The van der Waals surface area contributed by atoms with Gasteiger partial charge >= 0.3 is 0 Å². The van der Waals surface area contributed by atoms with Gasteiger partial charge in [-0.15, -0.1) is 0 Å². The summed E-state index contributed by atoms with van der Waals surface area (Å²) in [5.41, 5.74) is 11.6. The molecule has 0 aromatic heterocycles. The first-order valence-electron chi connectivity index (χ1n) is 10.5. The predicted octanol–water partition coefficient (Wildman–Crippen LogP) is -5.58. The van der Waals surface area contributed by atoms with Crippen molar-refractivity contribution >= 4 is 0 Å². The standard InChI is InChI=1S/C18H34N2O12/c19-12-7(24)1-6(3-21)28-18(12)32-15-8(25)2-11(29-9(15)4-22)31-16-10(5-23)30-17(27)13(20)14(16)26/h6-18,21-27H,1-5,19-20H2/t6-,7?,8?,9?,10+,11+,12?,13?,14?,15+,16-,17-,18+/m1/s1. The third-order valence-electron chi connectivity index (χ3n) is 6.00. The van der Waals surface area contributed by atoms with Crippen molar-refractivity contribution in [1.82, 2.24) is 0 Å². The van der Waals surface area contributed by atoms with Crippen LogP contribution in [0.25, 0.3) is 0 Å². The van der Waals surface area contributed by atoms with E-state index in [1.165, 1.54) is 0 Å². The van der Waals surface area contributed by atoms with Crippen molar-refractivity contribution in [2.45, 2.75) is 92.6 Å². The molecule has 0 radical (unpaired) electrons. The molecule has 0 amide bonds. The fourth-order valence-corrected chi connectivity index (χ4v) is 4.10. The van der Waals surface area contributed by atoms with Crippen LogP contribution in [0.2, 0.25) is 0 Å². The van der Waals surface area contributed by atoms with Gasteiger partial charge in [0.25, 0.3) is 0 Å². The van der Waals surface area contributed by atoms with Crippen molar-refractivity contribution in [3.63, 3.8) is 0 Å². The molecule has 3 heterocycles. The maximum absolute atomic E-state index is 10.6. The van der Waals surface area contributed by atoms with Crippen LogP contribution in [0.3, 0.4) is 0 Å². The summed E-state index contributed by atoms with van der Waals surface area (Å²) < 4.78 is 27.7. The highest BCUT2D eigenvalue weighted by atomic mass is 16.7. The number of nitrogens with two attached hydrogens (primary N) is 2. The van der Waals surface area contributed by atoms with Gasteiger partial charge < -0.3 is 70.9 Å². The molecule has 0 aromatic rings. The Bertz CT molecular complexity index is 588. The summed E-state index contributed by atoms with van der Waals surface area (Å²) in [4.78, 5) is 0. The number of hydrogen-bond acceptors (Lipinski definition) is 14. The Morgan fingerprint density at radius 2 is 1.38 bits per heavy atom. The number of ether oxygens (including phenoxy) is 5. The van der Waals surface area contributed by atoms with E-state index in [2.05, 4.69) is 0 Å². The summed E-state index contributed by atoms with van der Waals surface area (Å²) in [6.07, 6.45) is -12.7. The van der Waals surface area contributed by atoms with Crippen molar-refractivity contribution in [2.24, 2.45) is 11.5 Å². The molecule has 0 aromatic carbocycles. The molecular weight excluding hydrogens is 436 g/mol. The molecule has 0 aliphatic carbocycles. The molecule has 3 fully saturated rings. The van der Waals surface area contributed by atoms with Crippen molar-refractivity contribution in [1.29, 1.82) is 0 Å². The Morgan fingerprint density at radius 1 is 0.719 bits per heavy atom. The highest BCUT2D eigenvalue weighted by Gasteiger charge is 2.48. The first kappa shape index (κ1) is 26.1. The summed E-state index contributed by atoms with van der Waals surface area (Å²) in [7, 11) is 0. The van der Waals surface area contributed by atoms with Crippen LogP contribution in [-0.4, -0.2) is 135 Å². The van der Waals surface area contributed by atoms with Crippen LogP contribution in [0.5, 0.6) is 0 Å². The molecular formula is C18H34N2O12. The number of hydrogen-bond donors (Lipinski definition) is 9. The first-order valence-corrected chi connectivity index (χ1v) is 10.5. The van der Waals surface area contributed by atoms with E-state index >= 15 is 0 Å². The minimum Gasteiger partial charge on any atom is -0.394 e. The fraction of sp³-hybridized carbons (Fsp3) is 1.00. The van der Waals surface area contributed by atoms with Gasteiger partial charge in [0.15, 0.2) is 18.9 Å². The van der Waals surface area contributed by atoms with E-state index in [1.807, 2.05) is 0 Å². The van der Waals surface area contributed by atoms with Gasteiger partial charge in [-0.1, -0.05) is 0 Å². The molecule has 3 aliphatic heterocycles. The van der Waals surface area contributed by atoms with Gasteiger partial charge in [0, 0.05) is 12.8 Å². The molecule has 3 rings (SSSR count). The fourth-order valence-electron chi connectivity index (χ4n) is 4.10. The quantitative estimate of drug-likeness (QED) is 0.169. The maximum atomic E-state index is 10.6. The molecule has 13 atom stereocenters. The zero-order chi connectivity index (χ0) is 23.6. The Kier molecular flexibility index (Phi) is 9.15. The Labute approximate surface area is 184 Å². The van der Waals surface area contributed by atoms with Gasteiger partial charge in [-0.2, -0.15) is 0 Å². The molecule has 3 aliphatic rings. The first-order chi connectivity index (χ1) is 15.2. The number of aliphatic hydroxyl groups is 7. The SMILES string of the molecule is NC1C(O)C[C@H](CO)O[C@H]1O[C@H]1C(O)C[C@H](O[C@H]2C(O)C(N)[C@H](O)O[C@H]2CO)OC1CO. The van der Waals surface area contributed by atoms with E-state index in [-0.39, 0.29) is 19.4 Å². The molecule has 14 nitrogen and oxygen atoms in total. The zero-order valence-electron chi connectivity index (χ0n) is 17.4. The lowest BCUT2D eigenvalue weighted by atomic mass is 9.96. The third-order valence-corrected chi connectivity index (χ3v) is 6.00. The predicted molar refractivity (Wildman–Crippen MR) is 102 cm³/mol. The van der Waals surface area contributed by atoms with E-state index in [4.69, 9.17) is 35.2 Å². The number of aliphatic hydroxyl groups excluding tert-OH is 7. The normalized spacial score (nSPS) is 50.3. The lowest BCUT2D eigenvalue weighted by Crippen LogP contribution is -2.64. The molecule has 32 heavy (non-hydrogen) atoms. The van der Waals surface area contributed by atoms with Crippen LogP contribution in [0.1, 0.15) is 12.8 Å². The largest absolute Gasteiger partial charge is 0.394 e. The average molecular weight is 470 g/mol. The third kappa shape index (κ3) is 5.56. The molecule has 188 valence electrons. The summed E-state index contributed by atoms with van der Waals surface area (Å²) in [5.74, 6) is 0. The van der Waals surface area contributed by atoms with E-state index in [0.717, 1.165) is 0 Å². The van der Waals surface area contributed by atoms with Crippen LogP contribution >= 0.6 is 0 Å². The minimum atomic E-state index is -1.50. The van der Waals surface area contributed by atoms with Gasteiger partial charge in [0.1, 0.15) is 30.5 Å². The van der Waals surface area contributed by atoms with Gasteiger partial charge in [0.05, 0.1) is 50.2 Å². The Balaban J connectivity index is 1.65. The smallest absolute Gasteiger partial charge is 0.176 e. The minimum absolute atomic E-state index is 0.120. The molecule has 14 heteroatoms. The summed E-state index contributed by atoms with van der Waals surface area (Å²) in [5, 5.41) is 69.3. The monoisotopic (exact) mass is 470 g/mol. The van der Waals surface area contributed by atoms with Crippen molar-refractivity contribution in [3.05, 3.63) is 0 Å². The lowest BCUT2D eigenvalue weighted by molar-refractivity contribution is -0.339. The van der Waals surface area contributed by atoms with Gasteiger partial charge in [-0.3, -0.25) is 0 Å². The van der Waals surface area contributed by atoms with Crippen molar-refractivity contribution < 1.29 is 59.4 Å². The van der Waals surface area contributed by atoms with Crippen molar-refractivity contribution in [3.8, 4) is 0 Å². The van der Waals surface area contributed by atoms with Gasteiger partial charge in [0.2, 0.25) is 0 Å². The van der Waals surface area contributed by atoms with E-state index in [1.54, 1.807) is 0 Å². The molecule has 6 unspecified atom stereocenters. The molecule has 3 saturated heterocycles. The van der Waals surface area contributed by atoms with E-state index < -0.39 is 93.0 Å². The lowest BCUT2D eigenvalue weighted by Gasteiger charge is -2.46. The second kappa shape index (κ2) is 11.2. The van der Waals surface area contributed by atoms with Crippen LogP contribution < -0.4 is 11.5 Å². The second-order valence-corrected chi connectivity index (χ2v) is 8.30. The highest BCUT2D eigenvalue weighted by Crippen LogP contribution is 2.31. The summed E-state index contributed by atoms with van der Waals surface area (Å²) in [6, 6.07) is -2.15. The Morgan fingerprint density at radius 3 is 2.00 bits per heavy atom. The molecule has 11 N–H and O–H groups in total. The summed E-state index contributed by atoms with van der Waals surface area (Å²) >= 11 is 0. The Hall–Kier alpha value is -0.560. The van der Waals surface area contributed by atoms with Crippen LogP contribution in [0.15, 0.2) is 0 Å². The van der Waals surface area contributed by atoms with Crippen LogP contribution in [0.4, 0.5) is 0 Å². The van der Waals surface area contributed by atoms with Gasteiger partial charge in [-0.25, -0.2) is 0 Å². The van der Waals surface area contributed by atoms with Crippen LogP contribution in [-0.2, 0) is 23.7 Å². The molecule has 0 saturated carbocycles. The average Bonchev–Trinajstić information content (AvgIpc) is 2.78. The topological polar surface area (TPSA) is 240 Å². The highest BCUT2D eigenvalue weighted by molar-refractivity contribution is 4.94. The van der Waals surface area contributed by atoms with E-state index in [0.29, 0.717) is 0 Å².